The summed E-state index contributed by atoms with van der Waals surface area (Å²) in [4.78, 5) is 28.4. The first-order valence-corrected chi connectivity index (χ1v) is 12.7. The summed E-state index contributed by atoms with van der Waals surface area (Å²) >= 11 is 2.93. The molecule has 5 rings (SSSR count). The van der Waals surface area contributed by atoms with E-state index in [2.05, 4.69) is 9.88 Å². The molecule has 5 nitrogen and oxygen atoms in total. The van der Waals surface area contributed by atoms with Crippen LogP contribution < -0.4 is 4.90 Å². The molecule has 0 atom stereocenters. The van der Waals surface area contributed by atoms with Crippen molar-refractivity contribution in [1.82, 2.24) is 14.9 Å². The van der Waals surface area contributed by atoms with E-state index in [9.17, 15) is 9.18 Å². The summed E-state index contributed by atoms with van der Waals surface area (Å²) < 4.78 is 14.5. The van der Waals surface area contributed by atoms with E-state index in [0.29, 0.717) is 22.8 Å². The number of thiophene rings is 1. The second kappa shape index (κ2) is 9.58. The molecule has 3 aromatic heterocycles. The van der Waals surface area contributed by atoms with Gasteiger partial charge in [0.05, 0.1) is 31.9 Å². The molecule has 0 aliphatic carbocycles. The number of thiazole rings is 1. The highest BCUT2D eigenvalue weighted by Gasteiger charge is 2.24. The van der Waals surface area contributed by atoms with Crippen molar-refractivity contribution in [3.05, 3.63) is 77.4 Å². The Morgan fingerprint density at radius 2 is 1.82 bits per heavy atom. The summed E-state index contributed by atoms with van der Waals surface area (Å²) in [6.07, 6.45) is 0.782. The van der Waals surface area contributed by atoms with Crippen molar-refractivity contribution in [1.29, 1.82) is 0 Å². The summed E-state index contributed by atoms with van der Waals surface area (Å²) in [6.45, 7) is 1.34. The van der Waals surface area contributed by atoms with Crippen LogP contribution in [-0.2, 0) is 0 Å². The molecular weight excluding hydrogens is 467 g/mol. The molecule has 0 bridgehead atoms. The molecule has 0 saturated heterocycles. The predicted octanol–water partition coefficient (Wildman–Crippen LogP) is 6.31. The largest absolute Gasteiger partial charge is 0.309 e. The lowest BCUT2D eigenvalue weighted by atomic mass is 10.1. The summed E-state index contributed by atoms with van der Waals surface area (Å²) in [5, 5.41) is 3.38. The van der Waals surface area contributed by atoms with Crippen molar-refractivity contribution >= 4 is 54.8 Å². The highest BCUT2D eigenvalue weighted by Crippen LogP contribution is 2.33. The normalized spacial score (nSPS) is 11.5. The zero-order valence-electron chi connectivity index (χ0n) is 18.9. The first kappa shape index (κ1) is 22.6. The van der Waals surface area contributed by atoms with Crippen LogP contribution in [0.5, 0.6) is 0 Å². The molecule has 3 heterocycles. The van der Waals surface area contributed by atoms with Crippen LogP contribution in [0.25, 0.3) is 31.7 Å². The van der Waals surface area contributed by atoms with Crippen LogP contribution in [0.1, 0.15) is 16.8 Å². The van der Waals surface area contributed by atoms with Gasteiger partial charge in [0.15, 0.2) is 5.13 Å². The maximum absolute atomic E-state index is 14.1. The minimum Gasteiger partial charge on any atom is -0.309 e. The average molecular weight is 491 g/mol. The number of hydrogen-bond donors (Lipinski definition) is 0. The van der Waals surface area contributed by atoms with Crippen LogP contribution in [0.4, 0.5) is 9.52 Å². The third-order valence-corrected chi connectivity index (χ3v) is 7.46. The maximum Gasteiger partial charge on any atom is 0.260 e. The minimum absolute atomic E-state index is 0.130. The number of halogens is 1. The Morgan fingerprint density at radius 3 is 2.62 bits per heavy atom. The number of rotatable bonds is 7. The minimum atomic E-state index is -0.311. The van der Waals surface area contributed by atoms with Crippen LogP contribution in [0.15, 0.2) is 66.0 Å². The lowest BCUT2D eigenvalue weighted by Crippen LogP contribution is -2.33. The summed E-state index contributed by atoms with van der Waals surface area (Å²) in [5.74, 6) is -0.441. The number of amides is 1. The van der Waals surface area contributed by atoms with Crippen LogP contribution in [0.3, 0.4) is 0 Å². The van der Waals surface area contributed by atoms with E-state index < -0.39 is 0 Å². The Morgan fingerprint density at radius 1 is 0.971 bits per heavy atom. The van der Waals surface area contributed by atoms with Gasteiger partial charge in [-0.3, -0.25) is 9.69 Å². The van der Waals surface area contributed by atoms with Gasteiger partial charge < -0.3 is 4.90 Å². The van der Waals surface area contributed by atoms with Crippen LogP contribution in [0.2, 0.25) is 0 Å². The molecule has 0 aliphatic heterocycles. The first-order valence-electron chi connectivity index (χ1n) is 11.0. The number of carbonyl (C=O) groups is 1. The number of hydrogen-bond acceptors (Lipinski definition) is 6. The third kappa shape index (κ3) is 4.57. The lowest BCUT2D eigenvalue weighted by molar-refractivity contribution is 0.0987. The molecule has 0 N–H and O–H groups in total. The van der Waals surface area contributed by atoms with Gasteiger partial charge >= 0.3 is 0 Å². The smallest absolute Gasteiger partial charge is 0.260 e. The summed E-state index contributed by atoms with van der Waals surface area (Å²) in [7, 11) is 4.02. The van der Waals surface area contributed by atoms with Gasteiger partial charge in [-0.2, -0.15) is 0 Å². The van der Waals surface area contributed by atoms with Gasteiger partial charge in [0.2, 0.25) is 0 Å². The molecule has 34 heavy (non-hydrogen) atoms. The Kier molecular flexibility index (Phi) is 6.36. The van der Waals surface area contributed by atoms with Gasteiger partial charge in [-0.25, -0.2) is 14.4 Å². The van der Waals surface area contributed by atoms with Crippen LogP contribution in [0, 0.1) is 5.82 Å². The van der Waals surface area contributed by atoms with Crippen LogP contribution >= 0.6 is 22.7 Å². The van der Waals surface area contributed by atoms with E-state index in [0.717, 1.165) is 39.1 Å². The molecule has 0 unspecified atom stereocenters. The first-order chi connectivity index (χ1) is 16.5. The van der Waals surface area contributed by atoms with E-state index in [1.165, 1.54) is 23.5 Å². The SMILES string of the molecule is CN(C)CCCN(C(=O)c1cc(-c2cccs2)nc2ccccc12)c1nc2ccc(F)cc2s1. The summed E-state index contributed by atoms with van der Waals surface area (Å²) in [5.41, 5.74) is 2.82. The number of carbonyl (C=O) groups excluding carboxylic acids is 1. The maximum atomic E-state index is 14.1. The predicted molar refractivity (Wildman–Crippen MR) is 139 cm³/mol. The molecule has 0 fully saturated rings. The zero-order chi connectivity index (χ0) is 23.7. The standard InChI is InChI=1S/C26H23FN4OS2/c1-30(2)12-6-13-31(26-29-21-11-10-17(27)15-24(21)34-26)25(32)19-16-22(23-9-5-14-33-23)28-20-8-4-3-7-18(19)20/h3-5,7-11,14-16H,6,12-13H2,1-2H3. The Labute approximate surface area is 205 Å². The fraction of sp³-hybridized carbons (Fsp3) is 0.192. The second-order valence-corrected chi connectivity index (χ2v) is 10.2. The lowest BCUT2D eigenvalue weighted by Gasteiger charge is -2.22. The molecule has 1 amide bonds. The molecule has 172 valence electrons. The van der Waals surface area contributed by atoms with Crippen molar-refractivity contribution in [2.75, 3.05) is 32.1 Å². The van der Waals surface area contributed by atoms with Crippen molar-refractivity contribution in [2.24, 2.45) is 0 Å². The fourth-order valence-electron chi connectivity index (χ4n) is 3.88. The summed E-state index contributed by atoms with van der Waals surface area (Å²) in [6, 6.07) is 18.1. The molecule has 0 spiro atoms. The number of nitrogens with zero attached hydrogens (tertiary/aromatic N) is 4. The van der Waals surface area contributed by atoms with E-state index >= 15 is 0 Å². The third-order valence-electron chi connectivity index (χ3n) is 5.52. The van der Waals surface area contributed by atoms with Gasteiger partial charge in [-0.15, -0.1) is 11.3 Å². The topological polar surface area (TPSA) is 49.3 Å². The quantitative estimate of drug-likeness (QED) is 0.268. The molecule has 8 heteroatoms. The van der Waals surface area contributed by atoms with E-state index in [4.69, 9.17) is 4.98 Å². The molecule has 5 aromatic rings. The number of fused-ring (bicyclic) bond motifs is 2. The average Bonchev–Trinajstić information content (AvgIpc) is 3.50. The fourth-order valence-corrected chi connectivity index (χ4v) is 5.58. The number of aromatic nitrogens is 2. The molecular formula is C26H23FN4OS2. The molecule has 2 aromatic carbocycles. The second-order valence-electron chi connectivity index (χ2n) is 8.27. The van der Waals surface area contributed by atoms with Gasteiger partial charge in [0.25, 0.3) is 5.91 Å². The van der Waals surface area contributed by atoms with Crippen LogP contribution in [-0.4, -0.2) is 48.0 Å². The van der Waals surface area contributed by atoms with Gasteiger partial charge in [-0.05, 0) is 68.8 Å². The van der Waals surface area contributed by atoms with E-state index in [1.807, 2.05) is 61.9 Å². The van der Waals surface area contributed by atoms with Gasteiger partial charge in [-0.1, -0.05) is 35.6 Å². The van der Waals surface area contributed by atoms with Crippen molar-refractivity contribution < 1.29 is 9.18 Å². The Bertz CT molecular complexity index is 1460. The number of pyridine rings is 1. The van der Waals surface area contributed by atoms with Gasteiger partial charge in [0.1, 0.15) is 5.82 Å². The van der Waals surface area contributed by atoms with Gasteiger partial charge in [0, 0.05) is 11.9 Å². The number of para-hydroxylation sites is 1. The van der Waals surface area contributed by atoms with E-state index in [-0.39, 0.29) is 11.7 Å². The highest BCUT2D eigenvalue weighted by atomic mass is 32.1. The number of anilines is 1. The number of benzene rings is 2. The molecule has 0 aliphatic rings. The molecule has 0 saturated carbocycles. The van der Waals surface area contributed by atoms with E-state index in [1.54, 1.807) is 22.3 Å². The van der Waals surface area contributed by atoms with Crippen molar-refractivity contribution in [3.8, 4) is 10.6 Å². The monoisotopic (exact) mass is 490 g/mol. The Balaban J connectivity index is 1.61. The van der Waals surface area contributed by atoms with Crippen molar-refractivity contribution in [2.45, 2.75) is 6.42 Å². The zero-order valence-corrected chi connectivity index (χ0v) is 20.5. The van der Waals surface area contributed by atoms with Crippen molar-refractivity contribution in [3.63, 3.8) is 0 Å². The highest BCUT2D eigenvalue weighted by molar-refractivity contribution is 7.22. The molecule has 0 radical (unpaired) electrons. The Hall–Kier alpha value is -3.20.